The molecule has 1 atom stereocenters. The summed E-state index contributed by atoms with van der Waals surface area (Å²) in [4.78, 5) is 27.0. The summed E-state index contributed by atoms with van der Waals surface area (Å²) >= 11 is 0. The van der Waals surface area contributed by atoms with E-state index in [1.54, 1.807) is 14.2 Å². The van der Waals surface area contributed by atoms with Crippen LogP contribution in [-0.2, 0) is 20.7 Å². The first-order valence-corrected chi connectivity index (χ1v) is 9.68. The van der Waals surface area contributed by atoms with Crippen LogP contribution in [0.5, 0.6) is 11.5 Å². The number of benzene rings is 1. The molecule has 1 amide bonds. The molecule has 0 spiro atoms. The number of esters is 1. The smallest absolute Gasteiger partial charge is 0.307 e. The third-order valence-electron chi connectivity index (χ3n) is 5.85. The van der Waals surface area contributed by atoms with Crippen molar-refractivity contribution in [2.24, 2.45) is 5.92 Å². The van der Waals surface area contributed by atoms with Crippen molar-refractivity contribution < 1.29 is 23.8 Å². The highest BCUT2D eigenvalue weighted by atomic mass is 16.5. The van der Waals surface area contributed by atoms with Crippen LogP contribution in [0, 0.1) is 5.92 Å². The molecule has 0 saturated heterocycles. The molecule has 0 radical (unpaired) electrons. The van der Waals surface area contributed by atoms with E-state index >= 15 is 0 Å². The maximum atomic E-state index is 13.0. The van der Waals surface area contributed by atoms with Crippen LogP contribution < -0.4 is 9.47 Å². The van der Waals surface area contributed by atoms with Crippen LogP contribution in [0.25, 0.3) is 0 Å². The average molecular weight is 375 g/mol. The number of nitrogens with zero attached hydrogens (tertiary/aromatic N) is 1. The summed E-state index contributed by atoms with van der Waals surface area (Å²) in [6.45, 7) is 0.607. The van der Waals surface area contributed by atoms with Crippen molar-refractivity contribution in [2.75, 3.05) is 27.9 Å². The van der Waals surface area contributed by atoms with Crippen LogP contribution in [0.2, 0.25) is 0 Å². The fraction of sp³-hybridized carbons (Fsp3) is 0.619. The van der Waals surface area contributed by atoms with Crippen LogP contribution in [0.3, 0.4) is 0 Å². The number of rotatable bonds is 6. The minimum absolute atomic E-state index is 0.135. The minimum atomic E-state index is -0.324. The zero-order chi connectivity index (χ0) is 19.4. The maximum absolute atomic E-state index is 13.0. The number of hydrogen-bond acceptors (Lipinski definition) is 5. The second-order valence-electron chi connectivity index (χ2n) is 7.39. The third-order valence-corrected chi connectivity index (χ3v) is 5.85. The monoisotopic (exact) mass is 375 g/mol. The number of carbonyl (C=O) groups excluding carboxylic acids is 2. The Kier molecular flexibility index (Phi) is 6.24. The second-order valence-corrected chi connectivity index (χ2v) is 7.39. The molecule has 1 heterocycles. The quantitative estimate of drug-likeness (QED) is 0.714. The molecule has 1 saturated carbocycles. The minimum Gasteiger partial charge on any atom is -0.493 e. The number of hydrogen-bond donors (Lipinski definition) is 0. The van der Waals surface area contributed by atoms with Crippen LogP contribution in [0.4, 0.5) is 0 Å². The molecule has 3 rings (SSSR count). The molecule has 1 aromatic carbocycles. The van der Waals surface area contributed by atoms with Gasteiger partial charge in [-0.2, -0.15) is 0 Å². The van der Waals surface area contributed by atoms with Gasteiger partial charge in [-0.3, -0.25) is 9.59 Å². The standard InChI is InChI=1S/C21H29NO5/c1-25-18-11-15-8-9-22(20(23)10-14-6-4-5-7-14)17(13-21(24)27-3)16(15)12-19(18)26-2/h11-12,14,17H,4-10,13H2,1-3H3/t17-/m0/s1. The lowest BCUT2D eigenvalue weighted by molar-refractivity contribution is -0.144. The van der Waals surface area contributed by atoms with E-state index in [2.05, 4.69) is 0 Å². The molecular formula is C21H29NO5. The second kappa shape index (κ2) is 8.63. The fourth-order valence-electron chi connectivity index (χ4n) is 4.37. The molecule has 1 aromatic rings. The van der Waals surface area contributed by atoms with Crippen LogP contribution in [0.1, 0.15) is 55.7 Å². The van der Waals surface area contributed by atoms with Gasteiger partial charge >= 0.3 is 5.97 Å². The highest BCUT2D eigenvalue weighted by molar-refractivity contribution is 5.79. The van der Waals surface area contributed by atoms with Crippen molar-refractivity contribution in [3.05, 3.63) is 23.3 Å². The number of fused-ring (bicyclic) bond motifs is 1. The van der Waals surface area contributed by atoms with Crippen molar-refractivity contribution >= 4 is 11.9 Å². The van der Waals surface area contributed by atoms with Gasteiger partial charge in [0.2, 0.25) is 5.91 Å². The Balaban J connectivity index is 1.90. The third kappa shape index (κ3) is 4.20. The predicted molar refractivity (Wildman–Crippen MR) is 101 cm³/mol. The van der Waals surface area contributed by atoms with Gasteiger partial charge in [0.25, 0.3) is 0 Å². The van der Waals surface area contributed by atoms with E-state index in [4.69, 9.17) is 14.2 Å². The largest absolute Gasteiger partial charge is 0.493 e. The number of methoxy groups -OCH3 is 3. The Morgan fingerprint density at radius 1 is 1.04 bits per heavy atom. The van der Waals surface area contributed by atoms with Crippen LogP contribution >= 0.6 is 0 Å². The SMILES string of the molecule is COC(=O)C[C@H]1c2cc(OC)c(OC)cc2CCN1C(=O)CC1CCCC1. The molecule has 2 aliphatic rings. The van der Waals surface area contributed by atoms with Crippen molar-refractivity contribution in [1.29, 1.82) is 0 Å². The Morgan fingerprint density at radius 3 is 2.33 bits per heavy atom. The van der Waals surface area contributed by atoms with Gasteiger partial charge in [0.1, 0.15) is 0 Å². The predicted octanol–water partition coefficient (Wildman–Crippen LogP) is 3.27. The lowest BCUT2D eigenvalue weighted by Crippen LogP contribution is -2.41. The molecule has 6 heteroatoms. The summed E-state index contributed by atoms with van der Waals surface area (Å²) in [5.41, 5.74) is 2.04. The number of amides is 1. The van der Waals surface area contributed by atoms with E-state index < -0.39 is 0 Å². The zero-order valence-corrected chi connectivity index (χ0v) is 16.5. The van der Waals surface area contributed by atoms with Crippen molar-refractivity contribution in [2.45, 2.75) is 51.0 Å². The molecule has 0 N–H and O–H groups in total. The molecule has 1 aliphatic heterocycles. The van der Waals surface area contributed by atoms with Gasteiger partial charge in [0.05, 0.1) is 33.8 Å². The van der Waals surface area contributed by atoms with Gasteiger partial charge < -0.3 is 19.1 Å². The van der Waals surface area contributed by atoms with Gasteiger partial charge in [-0.1, -0.05) is 12.8 Å². The summed E-state index contributed by atoms with van der Waals surface area (Å²) in [7, 11) is 4.58. The molecule has 6 nitrogen and oxygen atoms in total. The van der Waals surface area contributed by atoms with E-state index in [1.165, 1.54) is 20.0 Å². The Bertz CT molecular complexity index is 696. The Morgan fingerprint density at radius 2 is 1.70 bits per heavy atom. The van der Waals surface area contributed by atoms with E-state index in [-0.39, 0.29) is 24.3 Å². The topological polar surface area (TPSA) is 65.1 Å². The van der Waals surface area contributed by atoms with E-state index in [1.807, 2.05) is 17.0 Å². The van der Waals surface area contributed by atoms with E-state index in [9.17, 15) is 9.59 Å². The molecule has 1 aliphatic carbocycles. The van der Waals surface area contributed by atoms with Gasteiger partial charge in [0, 0.05) is 13.0 Å². The van der Waals surface area contributed by atoms with Crippen LogP contribution in [0.15, 0.2) is 12.1 Å². The highest BCUT2D eigenvalue weighted by Crippen LogP contribution is 2.40. The van der Waals surface area contributed by atoms with E-state index in [0.717, 1.165) is 30.4 Å². The maximum Gasteiger partial charge on any atom is 0.307 e. The van der Waals surface area contributed by atoms with Crippen molar-refractivity contribution in [3.63, 3.8) is 0 Å². The van der Waals surface area contributed by atoms with Gasteiger partial charge in [-0.05, 0) is 48.4 Å². The van der Waals surface area contributed by atoms with Gasteiger partial charge in [0.15, 0.2) is 11.5 Å². The van der Waals surface area contributed by atoms with E-state index in [0.29, 0.717) is 30.4 Å². The van der Waals surface area contributed by atoms with Gasteiger partial charge in [-0.25, -0.2) is 0 Å². The summed E-state index contributed by atoms with van der Waals surface area (Å²) in [5, 5.41) is 0. The Hall–Kier alpha value is -2.24. The first-order chi connectivity index (χ1) is 13.1. The van der Waals surface area contributed by atoms with Crippen LogP contribution in [-0.4, -0.2) is 44.7 Å². The first-order valence-electron chi connectivity index (χ1n) is 9.68. The Labute approximate surface area is 160 Å². The number of carbonyl (C=O) groups is 2. The lowest BCUT2D eigenvalue weighted by atomic mass is 9.89. The molecule has 148 valence electrons. The van der Waals surface area contributed by atoms with Gasteiger partial charge in [-0.15, -0.1) is 0 Å². The highest BCUT2D eigenvalue weighted by Gasteiger charge is 2.35. The number of ether oxygens (including phenoxy) is 3. The first kappa shape index (κ1) is 19.5. The fourth-order valence-corrected chi connectivity index (χ4v) is 4.37. The molecule has 0 bridgehead atoms. The van der Waals surface area contributed by atoms with Crippen molar-refractivity contribution in [1.82, 2.24) is 4.90 Å². The molecule has 0 aromatic heterocycles. The summed E-state index contributed by atoms with van der Waals surface area (Å²) in [5.74, 6) is 1.57. The normalized spacial score (nSPS) is 19.5. The summed E-state index contributed by atoms with van der Waals surface area (Å²) in [6, 6.07) is 3.53. The summed E-state index contributed by atoms with van der Waals surface area (Å²) < 4.78 is 15.7. The molecule has 27 heavy (non-hydrogen) atoms. The summed E-state index contributed by atoms with van der Waals surface area (Å²) in [6.07, 6.45) is 6.14. The molecule has 1 fully saturated rings. The van der Waals surface area contributed by atoms with Crippen molar-refractivity contribution in [3.8, 4) is 11.5 Å². The average Bonchev–Trinajstić information content (AvgIpc) is 3.19. The molecular weight excluding hydrogens is 346 g/mol. The zero-order valence-electron chi connectivity index (χ0n) is 16.5. The molecule has 0 unspecified atom stereocenters. The lowest BCUT2D eigenvalue weighted by Gasteiger charge is -2.38.